The van der Waals surface area contributed by atoms with Crippen LogP contribution in [0.4, 0.5) is 5.69 Å². The number of anilines is 1. The molecule has 0 radical (unpaired) electrons. The third-order valence-electron chi connectivity index (χ3n) is 4.22. The first-order chi connectivity index (χ1) is 12.6. The summed E-state index contributed by atoms with van der Waals surface area (Å²) in [5.41, 5.74) is 3.12. The molecule has 0 aliphatic carbocycles. The molecule has 0 atom stereocenters. The highest BCUT2D eigenvalue weighted by Crippen LogP contribution is 2.18. The molecule has 3 nitrogen and oxygen atoms in total. The average molecular weight is 342 g/mol. The Balaban J connectivity index is 1.56. The monoisotopic (exact) mass is 342 g/mol. The Morgan fingerprint density at radius 1 is 0.962 bits per heavy atom. The maximum atomic E-state index is 12.2. The maximum absolute atomic E-state index is 12.2. The Morgan fingerprint density at radius 2 is 1.69 bits per heavy atom. The van der Waals surface area contributed by atoms with E-state index in [1.54, 1.807) is 0 Å². The first kappa shape index (κ1) is 17.6. The van der Waals surface area contributed by atoms with Crippen LogP contribution in [-0.2, 0) is 11.2 Å². The van der Waals surface area contributed by atoms with Gasteiger partial charge in [-0.2, -0.15) is 0 Å². The van der Waals surface area contributed by atoms with Gasteiger partial charge in [-0.05, 0) is 40.6 Å². The van der Waals surface area contributed by atoms with Gasteiger partial charge in [0.2, 0.25) is 5.91 Å². The zero-order valence-corrected chi connectivity index (χ0v) is 15.1. The van der Waals surface area contributed by atoms with Gasteiger partial charge in [-0.1, -0.05) is 54.3 Å². The van der Waals surface area contributed by atoms with Gasteiger partial charge in [-0.3, -0.25) is 4.79 Å². The van der Waals surface area contributed by atoms with Crippen molar-refractivity contribution in [3.8, 4) is 11.8 Å². The number of hydrogen-bond acceptors (Lipinski definition) is 2. The average Bonchev–Trinajstić information content (AvgIpc) is 2.66. The lowest BCUT2D eigenvalue weighted by Gasteiger charge is -2.11. The van der Waals surface area contributed by atoms with Crippen molar-refractivity contribution in [2.75, 3.05) is 25.5 Å². The molecule has 130 valence electrons. The molecular weight excluding hydrogens is 320 g/mol. The van der Waals surface area contributed by atoms with Crippen LogP contribution in [0.3, 0.4) is 0 Å². The number of rotatable bonds is 4. The molecule has 0 saturated carbocycles. The van der Waals surface area contributed by atoms with Gasteiger partial charge in [-0.25, -0.2) is 0 Å². The van der Waals surface area contributed by atoms with Gasteiger partial charge in [-0.15, -0.1) is 0 Å². The van der Waals surface area contributed by atoms with Crippen molar-refractivity contribution < 1.29 is 4.79 Å². The van der Waals surface area contributed by atoms with Gasteiger partial charge in [0.05, 0.1) is 13.0 Å². The van der Waals surface area contributed by atoms with Gasteiger partial charge in [0.25, 0.3) is 0 Å². The number of carbonyl (C=O) groups excluding carboxylic acids is 1. The van der Waals surface area contributed by atoms with E-state index in [4.69, 9.17) is 0 Å². The summed E-state index contributed by atoms with van der Waals surface area (Å²) in [4.78, 5) is 14.2. The molecule has 0 heterocycles. The van der Waals surface area contributed by atoms with E-state index in [2.05, 4.69) is 35.4 Å². The van der Waals surface area contributed by atoms with E-state index in [-0.39, 0.29) is 5.91 Å². The Morgan fingerprint density at radius 3 is 2.46 bits per heavy atom. The Hall–Kier alpha value is -3.25. The molecule has 0 unspecified atom stereocenters. The second-order valence-electron chi connectivity index (χ2n) is 6.33. The van der Waals surface area contributed by atoms with E-state index in [0.717, 1.165) is 27.6 Å². The molecule has 3 aromatic carbocycles. The van der Waals surface area contributed by atoms with Crippen LogP contribution in [0.5, 0.6) is 0 Å². The summed E-state index contributed by atoms with van der Waals surface area (Å²) in [7, 11) is 4.01. The van der Waals surface area contributed by atoms with Crippen molar-refractivity contribution >= 4 is 22.4 Å². The lowest BCUT2D eigenvalue weighted by atomic mass is 10.0. The predicted octanol–water partition coefficient (Wildman–Crippen LogP) is 3.62. The lowest BCUT2D eigenvalue weighted by Crippen LogP contribution is -2.25. The van der Waals surface area contributed by atoms with Crippen LogP contribution in [0.15, 0.2) is 66.7 Å². The van der Waals surface area contributed by atoms with Crippen LogP contribution in [-0.4, -0.2) is 26.5 Å². The second-order valence-corrected chi connectivity index (χ2v) is 6.33. The summed E-state index contributed by atoms with van der Waals surface area (Å²) in [5.74, 6) is 6.07. The molecule has 0 saturated heterocycles. The van der Waals surface area contributed by atoms with Gasteiger partial charge in [0.1, 0.15) is 0 Å². The van der Waals surface area contributed by atoms with E-state index < -0.39 is 0 Å². The fourth-order valence-corrected chi connectivity index (χ4v) is 2.81. The third kappa shape index (κ3) is 4.43. The number of carbonyl (C=O) groups is 1. The standard InChI is InChI=1S/C23H22N2O/c1-25(2)21-14-12-18(13-15-21)7-6-16-24-23(26)17-20-10-5-9-19-8-3-4-11-22(19)20/h3-5,8-15H,16-17H2,1-2H3,(H,24,26). The first-order valence-corrected chi connectivity index (χ1v) is 8.63. The number of nitrogens with one attached hydrogen (secondary N) is 1. The van der Waals surface area contributed by atoms with Crippen LogP contribution in [0.1, 0.15) is 11.1 Å². The smallest absolute Gasteiger partial charge is 0.225 e. The van der Waals surface area contributed by atoms with E-state index in [1.165, 1.54) is 0 Å². The summed E-state index contributed by atoms with van der Waals surface area (Å²) in [5, 5.41) is 5.15. The fourth-order valence-electron chi connectivity index (χ4n) is 2.81. The molecule has 0 aromatic heterocycles. The number of benzene rings is 3. The van der Waals surface area contributed by atoms with Crippen molar-refractivity contribution in [3.63, 3.8) is 0 Å². The molecule has 3 aromatic rings. The summed E-state index contributed by atoms with van der Waals surface area (Å²) in [6.07, 6.45) is 0.362. The minimum Gasteiger partial charge on any atom is -0.378 e. The van der Waals surface area contributed by atoms with Gasteiger partial charge < -0.3 is 10.2 Å². The van der Waals surface area contributed by atoms with Crippen LogP contribution in [0.2, 0.25) is 0 Å². The van der Waals surface area contributed by atoms with E-state index in [1.807, 2.05) is 67.5 Å². The van der Waals surface area contributed by atoms with Gasteiger partial charge in [0.15, 0.2) is 0 Å². The minimum atomic E-state index is -0.0152. The zero-order valence-electron chi connectivity index (χ0n) is 15.1. The maximum Gasteiger partial charge on any atom is 0.225 e. The predicted molar refractivity (Wildman–Crippen MR) is 108 cm³/mol. The molecule has 0 bridgehead atoms. The Bertz CT molecular complexity index is 957. The topological polar surface area (TPSA) is 32.3 Å². The molecule has 26 heavy (non-hydrogen) atoms. The van der Waals surface area contributed by atoms with E-state index >= 15 is 0 Å². The molecule has 1 N–H and O–H groups in total. The quantitative estimate of drug-likeness (QED) is 0.735. The van der Waals surface area contributed by atoms with Crippen LogP contribution < -0.4 is 10.2 Å². The summed E-state index contributed by atoms with van der Waals surface area (Å²) >= 11 is 0. The number of fused-ring (bicyclic) bond motifs is 1. The van der Waals surface area contributed by atoms with Crippen molar-refractivity contribution in [1.29, 1.82) is 0 Å². The van der Waals surface area contributed by atoms with Gasteiger partial charge in [0, 0.05) is 25.3 Å². The molecule has 0 spiro atoms. The Kier molecular flexibility index (Phi) is 5.56. The highest BCUT2D eigenvalue weighted by atomic mass is 16.1. The summed E-state index contributed by atoms with van der Waals surface area (Å²) < 4.78 is 0. The van der Waals surface area contributed by atoms with E-state index in [9.17, 15) is 4.79 Å². The highest BCUT2D eigenvalue weighted by Gasteiger charge is 2.05. The minimum absolute atomic E-state index is 0.0152. The van der Waals surface area contributed by atoms with Crippen molar-refractivity contribution in [1.82, 2.24) is 5.32 Å². The van der Waals surface area contributed by atoms with Crippen molar-refractivity contribution in [2.45, 2.75) is 6.42 Å². The molecule has 1 amide bonds. The van der Waals surface area contributed by atoms with Crippen LogP contribution in [0, 0.1) is 11.8 Å². The number of hydrogen-bond donors (Lipinski definition) is 1. The largest absolute Gasteiger partial charge is 0.378 e. The highest BCUT2D eigenvalue weighted by molar-refractivity contribution is 5.90. The van der Waals surface area contributed by atoms with Crippen LogP contribution in [0.25, 0.3) is 10.8 Å². The van der Waals surface area contributed by atoms with Crippen molar-refractivity contribution in [2.24, 2.45) is 0 Å². The fraction of sp³-hybridized carbons (Fsp3) is 0.174. The lowest BCUT2D eigenvalue weighted by molar-refractivity contribution is -0.120. The van der Waals surface area contributed by atoms with E-state index in [0.29, 0.717) is 13.0 Å². The third-order valence-corrected chi connectivity index (χ3v) is 4.22. The SMILES string of the molecule is CN(C)c1ccc(C#CCNC(=O)Cc2cccc3ccccc23)cc1. The molecule has 0 aliphatic heterocycles. The molecular formula is C23H22N2O. The molecule has 0 fully saturated rings. The first-order valence-electron chi connectivity index (χ1n) is 8.63. The summed E-state index contributed by atoms with van der Waals surface area (Å²) in [6, 6.07) is 22.2. The number of nitrogens with zero attached hydrogens (tertiary/aromatic N) is 1. The second kappa shape index (κ2) is 8.22. The van der Waals surface area contributed by atoms with Crippen molar-refractivity contribution in [3.05, 3.63) is 77.9 Å². The molecule has 3 heteroatoms. The van der Waals surface area contributed by atoms with Gasteiger partial charge >= 0.3 is 0 Å². The van der Waals surface area contributed by atoms with Crippen LogP contribution >= 0.6 is 0 Å². The molecule has 3 rings (SSSR count). The zero-order chi connectivity index (χ0) is 18.4. The Labute approximate surface area is 154 Å². The summed E-state index contributed by atoms with van der Waals surface area (Å²) in [6.45, 7) is 0.346. The normalized spacial score (nSPS) is 10.1. The molecule has 0 aliphatic rings. The number of amides is 1.